The van der Waals surface area contributed by atoms with E-state index in [1.165, 1.54) is 16.8 Å². The molecule has 1 fully saturated rings. The molecule has 6 heterocycles. The van der Waals surface area contributed by atoms with Gasteiger partial charge >= 0.3 is 0 Å². The summed E-state index contributed by atoms with van der Waals surface area (Å²) in [6.07, 6.45) is 6.17. The van der Waals surface area contributed by atoms with Crippen LogP contribution >= 0.6 is 0 Å². The van der Waals surface area contributed by atoms with Crippen molar-refractivity contribution in [2.75, 3.05) is 40.9 Å². The number of carbonyl (C=O) groups is 1. The number of fused-ring (bicyclic) bond motifs is 2. The van der Waals surface area contributed by atoms with Gasteiger partial charge in [-0.05, 0) is 61.3 Å². The highest BCUT2D eigenvalue weighted by molar-refractivity contribution is 6.03. The second-order valence-electron chi connectivity index (χ2n) is 11.4. The number of para-hydroxylation sites is 1. The van der Waals surface area contributed by atoms with Gasteiger partial charge in [-0.3, -0.25) is 14.9 Å². The first-order chi connectivity index (χ1) is 19.0. The topological polar surface area (TPSA) is 120 Å². The third kappa shape index (κ3) is 3.33. The van der Waals surface area contributed by atoms with E-state index in [0.29, 0.717) is 25.2 Å². The lowest BCUT2D eigenvalue weighted by atomic mass is 9.73. The van der Waals surface area contributed by atoms with E-state index in [9.17, 15) is 4.79 Å². The smallest absolute Gasteiger partial charge is 0.227 e. The molecule has 1 spiro atoms. The van der Waals surface area contributed by atoms with Gasteiger partial charge in [-0.1, -0.05) is 18.2 Å². The van der Waals surface area contributed by atoms with Crippen LogP contribution < -0.4 is 20.4 Å². The van der Waals surface area contributed by atoms with E-state index >= 15 is 0 Å². The summed E-state index contributed by atoms with van der Waals surface area (Å²) in [5.41, 5.74) is 14.9. The van der Waals surface area contributed by atoms with Gasteiger partial charge in [0.25, 0.3) is 0 Å². The minimum atomic E-state index is 0.0333. The Morgan fingerprint density at radius 3 is 2.74 bits per heavy atom. The molecule has 3 aliphatic heterocycles. The number of nitrogens with one attached hydrogen (secondary N) is 1. The van der Waals surface area contributed by atoms with Crippen LogP contribution in [-0.4, -0.2) is 57.2 Å². The number of benzene rings is 1. The fraction of sp³-hybridized carbons (Fsp3) is 0.414. The fourth-order valence-electron chi connectivity index (χ4n) is 7.20. The third-order valence-corrected chi connectivity index (χ3v) is 9.36. The number of amides is 1. The number of aryl methyl sites for hydroxylation is 2. The number of nitrogens with zero attached hydrogens (tertiary/aromatic N) is 7. The highest BCUT2D eigenvalue weighted by atomic mass is 16.2. The van der Waals surface area contributed by atoms with Crippen LogP contribution in [0.3, 0.4) is 0 Å². The third-order valence-electron chi connectivity index (χ3n) is 9.36. The monoisotopic (exact) mass is 521 g/mol. The summed E-state index contributed by atoms with van der Waals surface area (Å²) in [4.78, 5) is 33.6. The number of nitrogens with two attached hydrogens (primary N) is 1. The predicted molar refractivity (Wildman–Crippen MR) is 149 cm³/mol. The molecule has 0 bridgehead atoms. The molecule has 4 aliphatic rings. The first kappa shape index (κ1) is 22.9. The summed E-state index contributed by atoms with van der Waals surface area (Å²) >= 11 is 0. The second-order valence-corrected chi connectivity index (χ2v) is 11.4. The van der Waals surface area contributed by atoms with Crippen molar-refractivity contribution in [3.05, 3.63) is 59.0 Å². The molecule has 1 atom stereocenters. The number of rotatable bonds is 2. The summed E-state index contributed by atoms with van der Waals surface area (Å²) in [5.74, 6) is 1.81. The molecule has 3 N–H and O–H groups in total. The van der Waals surface area contributed by atoms with E-state index in [1.54, 1.807) is 0 Å². The van der Waals surface area contributed by atoms with Gasteiger partial charge in [0.1, 0.15) is 5.82 Å². The maximum Gasteiger partial charge on any atom is 0.227 e. The molecule has 1 saturated heterocycles. The Kier molecular flexibility index (Phi) is 4.83. The second kappa shape index (κ2) is 8.22. The first-order valence-electron chi connectivity index (χ1n) is 13.9. The van der Waals surface area contributed by atoms with Crippen LogP contribution in [0.2, 0.25) is 0 Å². The number of hydrogen-bond acceptors (Lipinski definition) is 8. The van der Waals surface area contributed by atoms with Gasteiger partial charge in [0.2, 0.25) is 5.91 Å². The normalized spacial score (nSPS) is 21.5. The Morgan fingerprint density at radius 2 is 1.87 bits per heavy atom. The van der Waals surface area contributed by atoms with Crippen molar-refractivity contribution < 1.29 is 4.79 Å². The number of piperidine rings is 1. The van der Waals surface area contributed by atoms with Crippen LogP contribution in [-0.2, 0) is 17.6 Å². The zero-order valence-corrected chi connectivity index (χ0v) is 22.0. The van der Waals surface area contributed by atoms with Gasteiger partial charge in [-0.2, -0.15) is 5.10 Å². The Balaban J connectivity index is 1.05. The summed E-state index contributed by atoms with van der Waals surface area (Å²) < 4.78 is 0. The lowest BCUT2D eigenvalue weighted by molar-refractivity contribution is -0.118. The van der Waals surface area contributed by atoms with Gasteiger partial charge in [0, 0.05) is 50.0 Å². The van der Waals surface area contributed by atoms with E-state index in [2.05, 4.69) is 50.3 Å². The standard InChI is InChI=1S/C29H31N9O/c1-17-5-7-19-20(32-17)15-29(26(19)30)9-11-36(12-10-29)22-16-31-24-27(33-22)34-35-28(24)37-13-14-38-23(39)8-6-18-3-2-4-21(37)25(18)38/h2-5,7,16,26H,6,8-15,30H2,1H3,(H,33,34,35)/t26-/m1/s1. The van der Waals surface area contributed by atoms with Gasteiger partial charge in [-0.25, -0.2) is 9.97 Å². The van der Waals surface area contributed by atoms with Crippen LogP contribution in [0, 0.1) is 12.3 Å². The maximum absolute atomic E-state index is 12.6. The van der Waals surface area contributed by atoms with Crippen molar-refractivity contribution in [3.63, 3.8) is 0 Å². The Morgan fingerprint density at radius 1 is 1.03 bits per heavy atom. The zero-order chi connectivity index (χ0) is 26.3. The molecule has 3 aromatic heterocycles. The van der Waals surface area contributed by atoms with Crippen molar-refractivity contribution in [3.8, 4) is 0 Å². The van der Waals surface area contributed by atoms with Crippen molar-refractivity contribution >= 4 is 40.1 Å². The molecule has 10 nitrogen and oxygen atoms in total. The molecule has 39 heavy (non-hydrogen) atoms. The van der Waals surface area contributed by atoms with Crippen LogP contribution in [0.1, 0.15) is 47.8 Å². The molecule has 4 aromatic rings. The number of pyridine rings is 1. The predicted octanol–water partition coefficient (Wildman–Crippen LogP) is 3.33. The quantitative estimate of drug-likeness (QED) is 0.412. The van der Waals surface area contributed by atoms with E-state index in [1.807, 2.05) is 18.0 Å². The molecule has 198 valence electrons. The average Bonchev–Trinajstić information content (AvgIpc) is 3.49. The minimum Gasteiger partial charge on any atom is -0.355 e. The largest absolute Gasteiger partial charge is 0.355 e. The molecular weight excluding hydrogens is 490 g/mol. The number of H-pyrrole nitrogens is 1. The van der Waals surface area contributed by atoms with E-state index in [-0.39, 0.29) is 17.4 Å². The van der Waals surface area contributed by atoms with Gasteiger partial charge < -0.3 is 20.4 Å². The fourth-order valence-corrected chi connectivity index (χ4v) is 7.20. The average molecular weight is 522 g/mol. The molecule has 1 aromatic carbocycles. The van der Waals surface area contributed by atoms with Crippen LogP contribution in [0.4, 0.5) is 23.0 Å². The van der Waals surface area contributed by atoms with Crippen molar-refractivity contribution in [1.29, 1.82) is 0 Å². The van der Waals surface area contributed by atoms with Gasteiger partial charge in [0.15, 0.2) is 17.0 Å². The lowest BCUT2D eigenvalue weighted by Crippen LogP contribution is -2.45. The molecule has 0 radical (unpaired) electrons. The van der Waals surface area contributed by atoms with Crippen molar-refractivity contribution in [1.82, 2.24) is 25.1 Å². The number of aromatic amines is 1. The number of carbonyl (C=O) groups excluding carboxylic acids is 1. The molecular formula is C29H31N9O. The SMILES string of the molecule is Cc1ccc2c(n1)CC1(CCN(c3cnc4c(N5CCN6C(=O)CCc7cccc5c76)n[nH]c4n3)CC1)[C@@H]2N. The van der Waals surface area contributed by atoms with Crippen LogP contribution in [0.25, 0.3) is 11.2 Å². The molecule has 8 rings (SSSR count). The number of hydrogen-bond donors (Lipinski definition) is 2. The van der Waals surface area contributed by atoms with Crippen molar-refractivity contribution in [2.24, 2.45) is 11.1 Å². The molecule has 0 saturated carbocycles. The Bertz CT molecular complexity index is 1640. The Hall–Kier alpha value is -4.05. The highest BCUT2D eigenvalue weighted by Crippen LogP contribution is 2.50. The van der Waals surface area contributed by atoms with Gasteiger partial charge in [0.05, 0.1) is 17.6 Å². The summed E-state index contributed by atoms with van der Waals surface area (Å²) in [7, 11) is 0. The van der Waals surface area contributed by atoms with Crippen LogP contribution in [0.5, 0.6) is 0 Å². The molecule has 10 heteroatoms. The molecule has 1 amide bonds. The first-order valence-corrected chi connectivity index (χ1v) is 13.9. The summed E-state index contributed by atoms with van der Waals surface area (Å²) in [6.45, 7) is 5.11. The van der Waals surface area contributed by atoms with E-state index in [0.717, 1.165) is 73.0 Å². The molecule has 1 aliphatic carbocycles. The minimum absolute atomic E-state index is 0.0333. The van der Waals surface area contributed by atoms with E-state index < -0.39 is 0 Å². The number of aromatic nitrogens is 5. The summed E-state index contributed by atoms with van der Waals surface area (Å²) in [5, 5.41) is 7.78. The Labute approximate surface area is 226 Å². The number of anilines is 4. The molecule has 0 unspecified atom stereocenters. The summed E-state index contributed by atoms with van der Waals surface area (Å²) in [6, 6.07) is 10.5. The highest BCUT2D eigenvalue weighted by Gasteiger charge is 2.47. The van der Waals surface area contributed by atoms with Gasteiger partial charge in [-0.15, -0.1) is 0 Å². The van der Waals surface area contributed by atoms with E-state index in [4.69, 9.17) is 20.7 Å². The lowest BCUT2D eigenvalue weighted by Gasteiger charge is -2.42. The maximum atomic E-state index is 12.6. The zero-order valence-electron chi connectivity index (χ0n) is 22.0. The van der Waals surface area contributed by atoms with Crippen molar-refractivity contribution in [2.45, 2.75) is 45.1 Å². The van der Waals surface area contributed by atoms with Crippen LogP contribution in [0.15, 0.2) is 36.5 Å².